The largest absolute Gasteiger partial charge is 0.493 e. The number of carbonyl (C=O) groups excluding carboxylic acids is 1. The maximum Gasteiger partial charge on any atom is 0.326 e. The van der Waals surface area contributed by atoms with E-state index < -0.39 is 24.0 Å². The Bertz CT molecular complexity index is 515. The van der Waals surface area contributed by atoms with Crippen molar-refractivity contribution >= 4 is 11.9 Å². The molecule has 6 nitrogen and oxygen atoms in total. The van der Waals surface area contributed by atoms with E-state index in [-0.39, 0.29) is 5.92 Å². The van der Waals surface area contributed by atoms with Crippen molar-refractivity contribution in [3.63, 3.8) is 0 Å². The second kappa shape index (κ2) is 8.26. The zero-order valence-electron chi connectivity index (χ0n) is 13.3. The van der Waals surface area contributed by atoms with Crippen LogP contribution in [0.2, 0.25) is 0 Å². The summed E-state index contributed by atoms with van der Waals surface area (Å²) in [5, 5.41) is 11.7. The number of rotatable bonds is 8. The van der Waals surface area contributed by atoms with E-state index in [9.17, 15) is 9.59 Å². The number of benzene rings is 1. The van der Waals surface area contributed by atoms with Crippen LogP contribution in [0.5, 0.6) is 11.5 Å². The molecule has 6 heteroatoms. The number of para-hydroxylation sites is 2. The molecule has 2 N–H and O–H groups in total. The van der Waals surface area contributed by atoms with E-state index in [1.54, 1.807) is 31.2 Å². The molecule has 0 heterocycles. The van der Waals surface area contributed by atoms with Gasteiger partial charge in [-0.25, -0.2) is 4.79 Å². The van der Waals surface area contributed by atoms with Crippen LogP contribution in [0.4, 0.5) is 0 Å². The fraction of sp³-hybridized carbons (Fsp3) is 0.500. The number of carboxylic acids is 1. The quantitative estimate of drug-likeness (QED) is 0.768. The van der Waals surface area contributed by atoms with E-state index in [0.717, 1.165) is 0 Å². The molecule has 0 aliphatic heterocycles. The van der Waals surface area contributed by atoms with Crippen LogP contribution in [0.25, 0.3) is 0 Å². The van der Waals surface area contributed by atoms with E-state index in [2.05, 4.69) is 5.32 Å². The molecule has 0 aliphatic rings. The smallest absolute Gasteiger partial charge is 0.326 e. The molecule has 0 aromatic heterocycles. The van der Waals surface area contributed by atoms with E-state index >= 15 is 0 Å². The Kier molecular flexibility index (Phi) is 6.69. The van der Waals surface area contributed by atoms with E-state index in [1.165, 1.54) is 7.11 Å². The summed E-state index contributed by atoms with van der Waals surface area (Å²) in [4.78, 5) is 23.3. The molecule has 0 bridgehead atoms. The summed E-state index contributed by atoms with van der Waals surface area (Å²) < 4.78 is 10.7. The fourth-order valence-electron chi connectivity index (χ4n) is 1.94. The molecular formula is C16H23NO5. The summed E-state index contributed by atoms with van der Waals surface area (Å²) in [7, 11) is 1.51. The van der Waals surface area contributed by atoms with Gasteiger partial charge in [-0.05, 0) is 31.4 Å². The lowest BCUT2D eigenvalue weighted by Gasteiger charge is -2.20. The summed E-state index contributed by atoms with van der Waals surface area (Å²) in [5.74, 6) is -0.417. The number of carbonyl (C=O) groups is 2. The van der Waals surface area contributed by atoms with Gasteiger partial charge in [0, 0.05) is 0 Å². The van der Waals surface area contributed by atoms with Crippen LogP contribution >= 0.6 is 0 Å². The molecule has 1 rings (SSSR count). The van der Waals surface area contributed by atoms with E-state index in [0.29, 0.717) is 17.9 Å². The third-order valence-electron chi connectivity index (χ3n) is 3.06. The second-order valence-corrected chi connectivity index (χ2v) is 5.44. The van der Waals surface area contributed by atoms with Crippen molar-refractivity contribution in [2.24, 2.45) is 5.92 Å². The highest BCUT2D eigenvalue weighted by Crippen LogP contribution is 2.26. The van der Waals surface area contributed by atoms with E-state index in [1.807, 2.05) is 13.8 Å². The highest BCUT2D eigenvalue weighted by atomic mass is 16.5. The summed E-state index contributed by atoms with van der Waals surface area (Å²) in [6.07, 6.45) is -0.465. The number of aliphatic carboxylic acids is 1. The molecule has 1 amide bonds. The first-order chi connectivity index (χ1) is 10.3. The molecule has 0 aliphatic carbocycles. The van der Waals surface area contributed by atoms with Crippen molar-refractivity contribution in [2.75, 3.05) is 7.11 Å². The van der Waals surface area contributed by atoms with Crippen LogP contribution in [-0.4, -0.2) is 36.2 Å². The molecule has 0 saturated heterocycles. The molecule has 0 spiro atoms. The van der Waals surface area contributed by atoms with Gasteiger partial charge in [0.2, 0.25) is 0 Å². The fourth-order valence-corrected chi connectivity index (χ4v) is 1.94. The van der Waals surface area contributed by atoms with Gasteiger partial charge in [-0.1, -0.05) is 26.0 Å². The van der Waals surface area contributed by atoms with Gasteiger partial charge in [-0.3, -0.25) is 4.79 Å². The van der Waals surface area contributed by atoms with Crippen molar-refractivity contribution in [3.8, 4) is 11.5 Å². The van der Waals surface area contributed by atoms with Gasteiger partial charge in [0.1, 0.15) is 6.04 Å². The molecule has 122 valence electrons. The van der Waals surface area contributed by atoms with Crippen LogP contribution in [0, 0.1) is 5.92 Å². The standard InChI is InChI=1S/C16H23NO5/c1-10(2)9-12(16(19)20)17-15(18)11(3)22-14-8-6-5-7-13(14)21-4/h5-8,10-12H,9H2,1-4H3,(H,17,18)(H,19,20). The molecule has 0 radical (unpaired) electrons. The Hall–Kier alpha value is -2.24. The van der Waals surface area contributed by atoms with Crippen molar-refractivity contribution in [2.45, 2.75) is 39.3 Å². The molecule has 2 atom stereocenters. The number of hydrogen-bond acceptors (Lipinski definition) is 4. The second-order valence-electron chi connectivity index (χ2n) is 5.44. The monoisotopic (exact) mass is 309 g/mol. The SMILES string of the molecule is COc1ccccc1OC(C)C(=O)NC(CC(C)C)C(=O)O. The van der Waals surface area contributed by atoms with Gasteiger partial charge >= 0.3 is 5.97 Å². The van der Waals surface area contributed by atoms with Gasteiger partial charge in [-0.2, -0.15) is 0 Å². The maximum absolute atomic E-state index is 12.1. The molecule has 1 aromatic carbocycles. The van der Waals surface area contributed by atoms with Crippen molar-refractivity contribution in [1.82, 2.24) is 5.32 Å². The summed E-state index contributed by atoms with van der Waals surface area (Å²) in [6.45, 7) is 5.36. The van der Waals surface area contributed by atoms with Crippen LogP contribution in [0.15, 0.2) is 24.3 Å². The number of methoxy groups -OCH3 is 1. The minimum atomic E-state index is -1.05. The highest BCUT2D eigenvalue weighted by Gasteiger charge is 2.25. The lowest BCUT2D eigenvalue weighted by atomic mass is 10.0. The molecule has 22 heavy (non-hydrogen) atoms. The lowest BCUT2D eigenvalue weighted by molar-refractivity contribution is -0.143. The van der Waals surface area contributed by atoms with Crippen LogP contribution < -0.4 is 14.8 Å². The van der Waals surface area contributed by atoms with Crippen LogP contribution in [0.3, 0.4) is 0 Å². The minimum absolute atomic E-state index is 0.159. The Morgan fingerprint density at radius 1 is 1.18 bits per heavy atom. The number of amides is 1. The van der Waals surface area contributed by atoms with Crippen molar-refractivity contribution in [1.29, 1.82) is 0 Å². The van der Waals surface area contributed by atoms with Crippen molar-refractivity contribution in [3.05, 3.63) is 24.3 Å². The molecule has 2 unspecified atom stereocenters. The third-order valence-corrected chi connectivity index (χ3v) is 3.06. The Morgan fingerprint density at radius 2 is 1.77 bits per heavy atom. The number of carboxylic acid groups (broad SMARTS) is 1. The van der Waals surface area contributed by atoms with E-state index in [4.69, 9.17) is 14.6 Å². The summed E-state index contributed by atoms with van der Waals surface area (Å²) in [6, 6.07) is 6.04. The maximum atomic E-state index is 12.1. The zero-order chi connectivity index (χ0) is 16.7. The summed E-state index contributed by atoms with van der Waals surface area (Å²) >= 11 is 0. The van der Waals surface area contributed by atoms with Gasteiger partial charge < -0.3 is 19.9 Å². The number of ether oxygens (including phenoxy) is 2. The topological polar surface area (TPSA) is 84.9 Å². The average molecular weight is 309 g/mol. The first kappa shape index (κ1) is 17.8. The van der Waals surface area contributed by atoms with Crippen LogP contribution in [-0.2, 0) is 9.59 Å². The van der Waals surface area contributed by atoms with Gasteiger partial charge in [0.25, 0.3) is 5.91 Å². The van der Waals surface area contributed by atoms with Gasteiger partial charge in [-0.15, -0.1) is 0 Å². The first-order valence-electron chi connectivity index (χ1n) is 7.18. The third kappa shape index (κ3) is 5.27. The minimum Gasteiger partial charge on any atom is -0.493 e. The Balaban J connectivity index is 2.69. The Morgan fingerprint density at radius 3 is 2.27 bits per heavy atom. The predicted molar refractivity (Wildman–Crippen MR) is 82.1 cm³/mol. The van der Waals surface area contributed by atoms with Gasteiger partial charge in [0.05, 0.1) is 7.11 Å². The zero-order valence-corrected chi connectivity index (χ0v) is 13.3. The molecular weight excluding hydrogens is 286 g/mol. The number of hydrogen-bond donors (Lipinski definition) is 2. The Labute approximate surface area is 130 Å². The normalized spacial score (nSPS) is 13.3. The predicted octanol–water partition coefficient (Wildman–Crippen LogP) is 2.08. The molecule has 0 saturated carbocycles. The first-order valence-corrected chi connectivity index (χ1v) is 7.18. The van der Waals surface area contributed by atoms with Crippen LogP contribution in [0.1, 0.15) is 27.2 Å². The lowest BCUT2D eigenvalue weighted by Crippen LogP contribution is -2.46. The van der Waals surface area contributed by atoms with Gasteiger partial charge in [0.15, 0.2) is 17.6 Å². The average Bonchev–Trinajstić information content (AvgIpc) is 2.46. The summed E-state index contributed by atoms with van der Waals surface area (Å²) in [5.41, 5.74) is 0. The molecule has 0 fully saturated rings. The molecule has 1 aromatic rings. The highest BCUT2D eigenvalue weighted by molar-refractivity contribution is 5.86. The van der Waals surface area contributed by atoms with Crippen molar-refractivity contribution < 1.29 is 24.2 Å². The number of nitrogens with one attached hydrogen (secondary N) is 1.